The third-order valence-corrected chi connectivity index (χ3v) is 5.18. The quantitative estimate of drug-likeness (QED) is 0.199. The van der Waals surface area contributed by atoms with E-state index in [0.29, 0.717) is 53.3 Å². The normalized spacial score (nSPS) is 11.1. The maximum atomic E-state index is 12.7. The molecule has 0 unspecified atom stereocenters. The van der Waals surface area contributed by atoms with Gasteiger partial charge in [-0.25, -0.2) is 9.59 Å². The summed E-state index contributed by atoms with van der Waals surface area (Å²) in [7, 11) is 0. The van der Waals surface area contributed by atoms with Crippen LogP contribution in [0.3, 0.4) is 0 Å². The fourth-order valence-corrected chi connectivity index (χ4v) is 3.61. The summed E-state index contributed by atoms with van der Waals surface area (Å²) in [4.78, 5) is 29.1. The van der Waals surface area contributed by atoms with Crippen LogP contribution in [0.25, 0.3) is 11.1 Å². The number of aryl methyl sites for hydroxylation is 1. The van der Waals surface area contributed by atoms with E-state index >= 15 is 0 Å². The van der Waals surface area contributed by atoms with Crippen molar-refractivity contribution in [3.05, 3.63) is 72.1 Å². The maximum Gasteiger partial charge on any atom is 0.412 e. The Morgan fingerprint density at radius 3 is 2.46 bits per heavy atom. The van der Waals surface area contributed by atoms with Gasteiger partial charge in [0.2, 0.25) is 0 Å². The molecule has 5 N–H and O–H groups in total. The second-order valence-electron chi connectivity index (χ2n) is 9.46. The lowest BCUT2D eigenvalue weighted by molar-refractivity contribution is -0.160. The van der Waals surface area contributed by atoms with E-state index in [0.717, 1.165) is 5.56 Å². The summed E-state index contributed by atoms with van der Waals surface area (Å²) in [5.74, 6) is -0.421. The van der Waals surface area contributed by atoms with Gasteiger partial charge in [0.15, 0.2) is 0 Å². The van der Waals surface area contributed by atoms with Gasteiger partial charge in [-0.05, 0) is 57.4 Å². The first-order valence-electron chi connectivity index (χ1n) is 12.0. The van der Waals surface area contributed by atoms with E-state index in [1.807, 2.05) is 30.3 Å². The Bertz CT molecular complexity index is 1210. The van der Waals surface area contributed by atoms with Gasteiger partial charge in [0.05, 0.1) is 11.4 Å². The zero-order valence-electron chi connectivity index (χ0n) is 21.5. The first-order valence-corrected chi connectivity index (χ1v) is 12.0. The molecule has 37 heavy (non-hydrogen) atoms. The predicted octanol–water partition coefficient (Wildman–Crippen LogP) is 4.95. The molecule has 0 radical (unpaired) electrons. The standard InChI is InChI=1S/C28H34N4O5/c1-28(2,3)37-25(33)18-35-15-7-10-24-26(32-27(34)36-17-19-8-5-4-6-9-19)22(13-14-31-24)21-12-11-20(29)16-23(21)30/h4-6,8-9,11-14,16H,7,10,15,17-18,29-30H2,1-3H3,(H,32,34). The molecule has 0 saturated heterocycles. The molecule has 0 aliphatic rings. The van der Waals surface area contributed by atoms with E-state index in [4.69, 9.17) is 25.7 Å². The number of esters is 1. The number of nitrogens with zero attached hydrogens (tertiary/aromatic N) is 1. The number of amides is 1. The Hall–Kier alpha value is -4.11. The average molecular weight is 507 g/mol. The lowest BCUT2D eigenvalue weighted by Gasteiger charge is -2.19. The van der Waals surface area contributed by atoms with Gasteiger partial charge in [-0.1, -0.05) is 36.4 Å². The van der Waals surface area contributed by atoms with Crippen LogP contribution in [0.5, 0.6) is 0 Å². The molecule has 1 amide bonds. The third-order valence-electron chi connectivity index (χ3n) is 5.18. The molecule has 3 rings (SSSR count). The predicted molar refractivity (Wildman–Crippen MR) is 144 cm³/mol. The van der Waals surface area contributed by atoms with Gasteiger partial charge in [-0.15, -0.1) is 0 Å². The minimum absolute atomic E-state index is 0.125. The largest absolute Gasteiger partial charge is 0.458 e. The molecule has 0 spiro atoms. The van der Waals surface area contributed by atoms with Gasteiger partial charge >= 0.3 is 12.1 Å². The van der Waals surface area contributed by atoms with Crippen molar-refractivity contribution in [3.8, 4) is 11.1 Å². The van der Waals surface area contributed by atoms with E-state index in [2.05, 4.69) is 10.3 Å². The fraction of sp³-hybridized carbons (Fsp3) is 0.321. The summed E-state index contributed by atoms with van der Waals surface area (Å²) in [6.07, 6.45) is 2.08. The van der Waals surface area contributed by atoms with Gasteiger partial charge < -0.3 is 25.7 Å². The number of nitrogens with two attached hydrogens (primary N) is 2. The number of hydrogen-bond donors (Lipinski definition) is 3. The number of hydrogen-bond acceptors (Lipinski definition) is 8. The molecule has 196 valence electrons. The lowest BCUT2D eigenvalue weighted by atomic mass is 10.00. The number of aromatic nitrogens is 1. The zero-order chi connectivity index (χ0) is 26.8. The Morgan fingerprint density at radius 2 is 1.76 bits per heavy atom. The van der Waals surface area contributed by atoms with Crippen molar-refractivity contribution >= 4 is 29.1 Å². The van der Waals surface area contributed by atoms with Crippen LogP contribution < -0.4 is 16.8 Å². The van der Waals surface area contributed by atoms with Crippen molar-refractivity contribution in [2.75, 3.05) is 30.0 Å². The Balaban J connectivity index is 1.72. The van der Waals surface area contributed by atoms with Gasteiger partial charge in [-0.2, -0.15) is 0 Å². The van der Waals surface area contributed by atoms with Gasteiger partial charge in [0.25, 0.3) is 0 Å². The molecule has 1 aromatic heterocycles. The molecular formula is C28H34N4O5. The minimum Gasteiger partial charge on any atom is -0.458 e. The summed E-state index contributed by atoms with van der Waals surface area (Å²) >= 11 is 0. The van der Waals surface area contributed by atoms with E-state index < -0.39 is 17.7 Å². The highest BCUT2D eigenvalue weighted by Crippen LogP contribution is 2.35. The molecule has 9 nitrogen and oxygen atoms in total. The van der Waals surface area contributed by atoms with Crippen molar-refractivity contribution in [1.82, 2.24) is 4.98 Å². The highest BCUT2D eigenvalue weighted by molar-refractivity contribution is 5.95. The third kappa shape index (κ3) is 8.80. The number of ether oxygens (including phenoxy) is 3. The van der Waals surface area contributed by atoms with Crippen LogP contribution in [0.15, 0.2) is 60.8 Å². The smallest absolute Gasteiger partial charge is 0.412 e. The van der Waals surface area contributed by atoms with Crippen LogP contribution >= 0.6 is 0 Å². The van der Waals surface area contributed by atoms with Crippen molar-refractivity contribution in [2.24, 2.45) is 0 Å². The summed E-state index contributed by atoms with van der Waals surface area (Å²) < 4.78 is 16.1. The number of rotatable bonds is 10. The molecular weight excluding hydrogens is 472 g/mol. The molecule has 1 heterocycles. The molecule has 0 aliphatic heterocycles. The van der Waals surface area contributed by atoms with Crippen LogP contribution in [0.2, 0.25) is 0 Å². The maximum absolute atomic E-state index is 12.7. The molecule has 9 heteroatoms. The topological polar surface area (TPSA) is 139 Å². The lowest BCUT2D eigenvalue weighted by Crippen LogP contribution is -2.26. The van der Waals surface area contributed by atoms with Crippen LogP contribution in [0, 0.1) is 0 Å². The average Bonchev–Trinajstić information content (AvgIpc) is 2.83. The van der Waals surface area contributed by atoms with Crippen molar-refractivity contribution in [2.45, 2.75) is 45.8 Å². The monoisotopic (exact) mass is 506 g/mol. The number of pyridine rings is 1. The van der Waals surface area contributed by atoms with Crippen LogP contribution in [-0.4, -0.2) is 35.9 Å². The van der Waals surface area contributed by atoms with E-state index in [1.165, 1.54) is 0 Å². The molecule has 0 bridgehead atoms. The van der Waals surface area contributed by atoms with Gasteiger partial charge in [0, 0.05) is 35.3 Å². The summed E-state index contributed by atoms with van der Waals surface area (Å²) in [5.41, 5.74) is 15.9. The first-order chi connectivity index (χ1) is 17.6. The Kier molecular flexibility index (Phi) is 9.45. The van der Waals surface area contributed by atoms with E-state index in [9.17, 15) is 9.59 Å². The highest BCUT2D eigenvalue weighted by atomic mass is 16.6. The fourth-order valence-electron chi connectivity index (χ4n) is 3.61. The minimum atomic E-state index is -0.616. The van der Waals surface area contributed by atoms with Crippen molar-refractivity contribution < 1.29 is 23.8 Å². The summed E-state index contributed by atoms with van der Waals surface area (Å²) in [5, 5.41) is 2.85. The summed E-state index contributed by atoms with van der Waals surface area (Å²) in [6, 6.07) is 16.4. The van der Waals surface area contributed by atoms with Crippen molar-refractivity contribution in [1.29, 1.82) is 0 Å². The number of nitrogen functional groups attached to an aromatic ring is 2. The highest BCUT2D eigenvalue weighted by Gasteiger charge is 2.18. The second-order valence-corrected chi connectivity index (χ2v) is 9.46. The molecule has 0 saturated carbocycles. The molecule has 2 aromatic carbocycles. The number of nitrogens with one attached hydrogen (secondary N) is 1. The SMILES string of the molecule is CC(C)(C)OC(=O)COCCCc1nccc(-c2ccc(N)cc2N)c1NC(=O)OCc1ccccc1. The van der Waals surface area contributed by atoms with Crippen LogP contribution in [0.1, 0.15) is 38.4 Å². The number of carbonyl (C=O) groups is 2. The number of anilines is 3. The van der Waals surface area contributed by atoms with E-state index in [1.54, 1.807) is 51.2 Å². The Labute approximate surface area is 217 Å². The van der Waals surface area contributed by atoms with Crippen LogP contribution in [-0.2, 0) is 32.0 Å². The van der Waals surface area contributed by atoms with Crippen LogP contribution in [0.4, 0.5) is 21.9 Å². The molecule has 0 atom stereocenters. The number of benzene rings is 2. The number of carbonyl (C=O) groups excluding carboxylic acids is 2. The van der Waals surface area contributed by atoms with Gasteiger partial charge in [-0.3, -0.25) is 10.3 Å². The Morgan fingerprint density at radius 1 is 1.00 bits per heavy atom. The first kappa shape index (κ1) is 27.5. The van der Waals surface area contributed by atoms with E-state index in [-0.39, 0.29) is 13.2 Å². The zero-order valence-corrected chi connectivity index (χ0v) is 21.5. The molecule has 3 aromatic rings. The molecule has 0 fully saturated rings. The molecule has 0 aliphatic carbocycles. The van der Waals surface area contributed by atoms with Gasteiger partial charge in [0.1, 0.15) is 18.8 Å². The summed E-state index contributed by atoms with van der Waals surface area (Å²) in [6.45, 7) is 5.71. The second kappa shape index (κ2) is 12.7. The van der Waals surface area contributed by atoms with Crippen molar-refractivity contribution in [3.63, 3.8) is 0 Å².